The Morgan fingerprint density at radius 1 is 1.50 bits per heavy atom. The molecule has 2 N–H and O–H groups in total. The molecule has 0 aromatic heterocycles. The second-order valence-electron chi connectivity index (χ2n) is 3.71. The molecule has 0 unspecified atom stereocenters. The zero-order valence-electron chi connectivity index (χ0n) is 9.01. The second-order valence-corrected chi connectivity index (χ2v) is 3.71. The summed E-state index contributed by atoms with van der Waals surface area (Å²) in [5.74, 6) is -0.359. The summed E-state index contributed by atoms with van der Waals surface area (Å²) in [5, 5.41) is 0. The van der Waals surface area contributed by atoms with Crippen molar-refractivity contribution in [2.45, 2.75) is 25.1 Å². The maximum atomic E-state index is 12.7. The molecular formula is C9H15F3N2O2. The fourth-order valence-electron chi connectivity index (χ4n) is 1.66. The molecule has 1 aliphatic heterocycles. The number of alkyl halides is 3. The predicted molar refractivity (Wildman–Crippen MR) is 50.7 cm³/mol. The molecule has 7 heteroatoms. The van der Waals surface area contributed by atoms with Gasteiger partial charge < -0.3 is 15.4 Å². The average molecular weight is 240 g/mol. The lowest BCUT2D eigenvalue weighted by Gasteiger charge is -2.49. The molecule has 16 heavy (non-hydrogen) atoms. The first-order valence-electron chi connectivity index (χ1n) is 5.05. The van der Waals surface area contributed by atoms with Crippen LogP contribution in [0.2, 0.25) is 0 Å². The molecule has 4 nitrogen and oxygen atoms in total. The standard InChI is InChI=1S/C9H15F3N2O2/c1-2-16-8(9(10,11)12)5-14(6-8)7(15)3-4-13/h2-6,13H2,1H3. The summed E-state index contributed by atoms with van der Waals surface area (Å²) in [6, 6.07) is 0. The molecule has 0 saturated carbocycles. The Morgan fingerprint density at radius 2 is 2.06 bits per heavy atom. The van der Waals surface area contributed by atoms with Crippen LogP contribution in [0.3, 0.4) is 0 Å². The van der Waals surface area contributed by atoms with Crippen molar-refractivity contribution in [1.29, 1.82) is 0 Å². The van der Waals surface area contributed by atoms with Crippen LogP contribution in [0.4, 0.5) is 13.2 Å². The Morgan fingerprint density at radius 3 is 2.44 bits per heavy atom. The van der Waals surface area contributed by atoms with Gasteiger partial charge in [-0.25, -0.2) is 0 Å². The van der Waals surface area contributed by atoms with Crippen molar-refractivity contribution in [3.63, 3.8) is 0 Å². The lowest BCUT2D eigenvalue weighted by Crippen LogP contribution is -2.71. The number of hydrogen-bond acceptors (Lipinski definition) is 3. The van der Waals surface area contributed by atoms with E-state index in [1.54, 1.807) is 0 Å². The minimum Gasteiger partial charge on any atom is -0.362 e. The summed E-state index contributed by atoms with van der Waals surface area (Å²) < 4.78 is 42.8. The number of amides is 1. The first-order chi connectivity index (χ1) is 7.36. The molecule has 1 amide bonds. The molecule has 0 atom stereocenters. The van der Waals surface area contributed by atoms with Gasteiger partial charge in [0.15, 0.2) is 5.60 Å². The Hall–Kier alpha value is -0.820. The molecule has 0 spiro atoms. The van der Waals surface area contributed by atoms with Gasteiger partial charge in [-0.1, -0.05) is 0 Å². The molecule has 1 saturated heterocycles. The van der Waals surface area contributed by atoms with Gasteiger partial charge in [-0.05, 0) is 6.92 Å². The fourth-order valence-corrected chi connectivity index (χ4v) is 1.66. The van der Waals surface area contributed by atoms with E-state index in [0.717, 1.165) is 4.90 Å². The Balaban J connectivity index is 2.59. The lowest BCUT2D eigenvalue weighted by atomic mass is 9.92. The van der Waals surface area contributed by atoms with Gasteiger partial charge in [0.05, 0.1) is 13.1 Å². The van der Waals surface area contributed by atoms with Crippen LogP contribution in [-0.4, -0.2) is 48.8 Å². The molecule has 1 heterocycles. The van der Waals surface area contributed by atoms with Crippen LogP contribution in [0.5, 0.6) is 0 Å². The van der Waals surface area contributed by atoms with E-state index in [1.807, 2.05) is 0 Å². The maximum absolute atomic E-state index is 12.7. The van der Waals surface area contributed by atoms with Gasteiger partial charge in [-0.2, -0.15) is 13.2 Å². The Bertz CT molecular complexity index is 262. The molecule has 0 bridgehead atoms. The molecule has 94 valence electrons. The number of hydrogen-bond donors (Lipinski definition) is 1. The smallest absolute Gasteiger partial charge is 0.362 e. The normalized spacial score (nSPS) is 19.4. The summed E-state index contributed by atoms with van der Waals surface area (Å²) in [6.07, 6.45) is -4.37. The van der Waals surface area contributed by atoms with Crippen molar-refractivity contribution in [2.24, 2.45) is 5.73 Å². The number of rotatable bonds is 4. The minimum atomic E-state index is -4.44. The molecule has 0 aromatic carbocycles. The van der Waals surface area contributed by atoms with Crippen LogP contribution in [0.1, 0.15) is 13.3 Å². The van der Waals surface area contributed by atoms with Gasteiger partial charge in [-0.15, -0.1) is 0 Å². The summed E-state index contributed by atoms with van der Waals surface area (Å²) in [7, 11) is 0. The van der Waals surface area contributed by atoms with Gasteiger partial charge in [0, 0.05) is 19.6 Å². The quantitative estimate of drug-likeness (QED) is 0.779. The number of nitrogens with zero attached hydrogens (tertiary/aromatic N) is 1. The topological polar surface area (TPSA) is 55.6 Å². The van der Waals surface area contributed by atoms with E-state index < -0.39 is 24.9 Å². The van der Waals surface area contributed by atoms with Crippen molar-refractivity contribution < 1.29 is 22.7 Å². The first kappa shape index (κ1) is 13.2. The summed E-state index contributed by atoms with van der Waals surface area (Å²) in [4.78, 5) is 12.4. The van der Waals surface area contributed by atoms with Crippen LogP contribution in [-0.2, 0) is 9.53 Å². The SMILES string of the molecule is CCOC1(C(F)(F)F)CN(C(=O)CCN)C1. The van der Waals surface area contributed by atoms with Crippen molar-refractivity contribution in [2.75, 3.05) is 26.2 Å². The van der Waals surface area contributed by atoms with Gasteiger partial charge in [0.1, 0.15) is 0 Å². The third kappa shape index (κ3) is 2.30. The highest BCUT2D eigenvalue weighted by atomic mass is 19.4. The maximum Gasteiger partial charge on any atom is 0.420 e. The highest BCUT2D eigenvalue weighted by molar-refractivity contribution is 5.77. The van der Waals surface area contributed by atoms with Crippen LogP contribution in [0, 0.1) is 0 Å². The first-order valence-corrected chi connectivity index (χ1v) is 5.05. The van der Waals surface area contributed by atoms with E-state index >= 15 is 0 Å². The number of carbonyl (C=O) groups excluding carboxylic acids is 1. The highest BCUT2D eigenvalue weighted by Crippen LogP contribution is 2.40. The summed E-state index contributed by atoms with van der Waals surface area (Å²) in [6.45, 7) is 0.756. The third-order valence-electron chi connectivity index (χ3n) is 2.54. The summed E-state index contributed by atoms with van der Waals surface area (Å²) in [5.41, 5.74) is 2.98. The number of likely N-dealkylation sites (tertiary alicyclic amines) is 1. The van der Waals surface area contributed by atoms with Crippen LogP contribution in [0.15, 0.2) is 0 Å². The predicted octanol–water partition coefficient (Wildman–Crippen LogP) is 0.515. The van der Waals surface area contributed by atoms with Gasteiger partial charge in [-0.3, -0.25) is 4.79 Å². The molecule has 0 aromatic rings. The Labute approximate surface area is 91.5 Å². The zero-order chi connectivity index (χ0) is 12.4. The van der Waals surface area contributed by atoms with E-state index in [2.05, 4.69) is 0 Å². The highest BCUT2D eigenvalue weighted by Gasteiger charge is 2.63. The molecule has 0 radical (unpaired) electrons. The largest absolute Gasteiger partial charge is 0.420 e. The molecular weight excluding hydrogens is 225 g/mol. The van der Waals surface area contributed by atoms with Gasteiger partial charge in [0.2, 0.25) is 5.91 Å². The minimum absolute atomic E-state index is 0.0293. The molecule has 1 fully saturated rings. The Kier molecular flexibility index (Phi) is 3.80. The fraction of sp³-hybridized carbons (Fsp3) is 0.889. The van der Waals surface area contributed by atoms with Crippen LogP contribution in [0.25, 0.3) is 0 Å². The number of nitrogens with two attached hydrogens (primary N) is 1. The lowest BCUT2D eigenvalue weighted by molar-refractivity contribution is -0.313. The molecule has 0 aliphatic carbocycles. The van der Waals surface area contributed by atoms with Crippen LogP contribution < -0.4 is 5.73 Å². The van der Waals surface area contributed by atoms with Gasteiger partial charge in [0.25, 0.3) is 0 Å². The summed E-state index contributed by atoms with van der Waals surface area (Å²) >= 11 is 0. The van der Waals surface area contributed by atoms with Crippen molar-refractivity contribution >= 4 is 5.91 Å². The zero-order valence-corrected chi connectivity index (χ0v) is 9.01. The van der Waals surface area contributed by atoms with Crippen molar-refractivity contribution in [3.8, 4) is 0 Å². The van der Waals surface area contributed by atoms with Crippen molar-refractivity contribution in [3.05, 3.63) is 0 Å². The van der Waals surface area contributed by atoms with Crippen LogP contribution >= 0.6 is 0 Å². The van der Waals surface area contributed by atoms with E-state index in [4.69, 9.17) is 10.5 Å². The van der Waals surface area contributed by atoms with Gasteiger partial charge >= 0.3 is 6.18 Å². The molecule has 1 aliphatic rings. The van der Waals surface area contributed by atoms with E-state index in [1.165, 1.54) is 6.92 Å². The van der Waals surface area contributed by atoms with E-state index in [-0.39, 0.29) is 25.5 Å². The molecule has 1 rings (SSSR count). The second kappa shape index (κ2) is 4.58. The third-order valence-corrected chi connectivity index (χ3v) is 2.54. The number of ether oxygens (including phenoxy) is 1. The van der Waals surface area contributed by atoms with E-state index in [9.17, 15) is 18.0 Å². The average Bonchev–Trinajstić information content (AvgIpc) is 2.08. The number of carbonyl (C=O) groups is 1. The van der Waals surface area contributed by atoms with E-state index in [0.29, 0.717) is 0 Å². The monoisotopic (exact) mass is 240 g/mol. The number of halogens is 3. The van der Waals surface area contributed by atoms with Crippen molar-refractivity contribution in [1.82, 2.24) is 4.90 Å².